The molecule has 0 fully saturated rings. The summed E-state index contributed by atoms with van der Waals surface area (Å²) < 4.78 is 5.28. The summed E-state index contributed by atoms with van der Waals surface area (Å²) in [5, 5.41) is 6.51. The van der Waals surface area contributed by atoms with Gasteiger partial charge in [-0.1, -0.05) is 12.1 Å². The van der Waals surface area contributed by atoms with Crippen molar-refractivity contribution in [3.63, 3.8) is 0 Å². The van der Waals surface area contributed by atoms with Crippen LogP contribution in [-0.4, -0.2) is 46.9 Å². The number of anilines is 1. The summed E-state index contributed by atoms with van der Waals surface area (Å²) in [5.74, 6) is 0.792. The molecule has 0 atom stereocenters. The second-order valence-electron chi connectivity index (χ2n) is 4.61. The van der Waals surface area contributed by atoms with Crippen LogP contribution in [0.15, 0.2) is 29.3 Å². The maximum absolute atomic E-state index is 5.28. The Morgan fingerprint density at radius 3 is 2.67 bits per heavy atom. The molecule has 0 aliphatic heterocycles. The molecule has 0 saturated heterocycles. The van der Waals surface area contributed by atoms with Gasteiger partial charge in [0, 0.05) is 46.5 Å². The molecule has 21 heavy (non-hydrogen) atoms. The first kappa shape index (κ1) is 20.0. The number of aliphatic imine (C=N–C) groups is 1. The second-order valence-corrected chi connectivity index (χ2v) is 4.61. The van der Waals surface area contributed by atoms with Crippen molar-refractivity contribution in [3.05, 3.63) is 29.8 Å². The maximum Gasteiger partial charge on any atom is 0.191 e. The van der Waals surface area contributed by atoms with Gasteiger partial charge in [0.25, 0.3) is 0 Å². The van der Waals surface area contributed by atoms with Crippen LogP contribution in [0.5, 0.6) is 0 Å². The predicted molar refractivity (Wildman–Crippen MR) is 101 cm³/mol. The van der Waals surface area contributed by atoms with Gasteiger partial charge in [-0.15, -0.1) is 24.0 Å². The number of benzene rings is 1. The lowest BCUT2D eigenvalue weighted by molar-refractivity contribution is 0.152. The van der Waals surface area contributed by atoms with E-state index in [0.717, 1.165) is 25.7 Å². The van der Waals surface area contributed by atoms with E-state index in [9.17, 15) is 0 Å². The van der Waals surface area contributed by atoms with E-state index in [2.05, 4.69) is 44.8 Å². The molecule has 0 heterocycles. The summed E-state index contributed by atoms with van der Waals surface area (Å²) in [5.41, 5.74) is 2.42. The first-order chi connectivity index (χ1) is 9.67. The fraction of sp³-hybridized carbons (Fsp3) is 0.533. The molecule has 1 rings (SSSR count). The minimum absolute atomic E-state index is 0. The van der Waals surface area contributed by atoms with Gasteiger partial charge < -0.3 is 20.3 Å². The molecule has 1 aromatic carbocycles. The smallest absolute Gasteiger partial charge is 0.191 e. The summed E-state index contributed by atoms with van der Waals surface area (Å²) in [4.78, 5) is 6.28. The van der Waals surface area contributed by atoms with Crippen molar-refractivity contribution in [2.24, 2.45) is 4.99 Å². The van der Waals surface area contributed by atoms with E-state index in [1.54, 1.807) is 7.05 Å². The monoisotopic (exact) mass is 406 g/mol. The average molecular weight is 406 g/mol. The van der Waals surface area contributed by atoms with Gasteiger partial charge in [-0.25, -0.2) is 0 Å². The lowest BCUT2D eigenvalue weighted by atomic mass is 10.2. The molecule has 0 aliphatic carbocycles. The Balaban J connectivity index is 0.00000400. The number of ether oxygens (including phenoxy) is 1. The molecule has 120 valence electrons. The van der Waals surface area contributed by atoms with Crippen LogP contribution in [0.1, 0.15) is 12.5 Å². The van der Waals surface area contributed by atoms with Crippen molar-refractivity contribution < 1.29 is 4.74 Å². The van der Waals surface area contributed by atoms with Crippen LogP contribution in [0.2, 0.25) is 0 Å². The summed E-state index contributed by atoms with van der Waals surface area (Å²) in [6.45, 7) is 4.92. The standard InChI is InChI=1S/C15H26N4O.HI/c1-5-20-10-9-17-15(16-2)18-12-13-7-6-8-14(11-13)19(3)4;/h6-8,11H,5,9-10,12H2,1-4H3,(H2,16,17,18);1H. The molecule has 0 spiro atoms. The van der Waals surface area contributed by atoms with Gasteiger partial charge in [-0.2, -0.15) is 0 Å². The van der Waals surface area contributed by atoms with Crippen molar-refractivity contribution >= 4 is 35.6 Å². The van der Waals surface area contributed by atoms with Crippen LogP contribution in [0, 0.1) is 0 Å². The van der Waals surface area contributed by atoms with Gasteiger partial charge in [0.1, 0.15) is 0 Å². The topological polar surface area (TPSA) is 48.9 Å². The van der Waals surface area contributed by atoms with E-state index in [1.807, 2.05) is 21.0 Å². The van der Waals surface area contributed by atoms with Gasteiger partial charge >= 0.3 is 0 Å². The van der Waals surface area contributed by atoms with Crippen LogP contribution < -0.4 is 15.5 Å². The van der Waals surface area contributed by atoms with Crippen molar-refractivity contribution in [2.75, 3.05) is 45.8 Å². The van der Waals surface area contributed by atoms with E-state index >= 15 is 0 Å². The number of hydrogen-bond acceptors (Lipinski definition) is 3. The average Bonchev–Trinajstić information content (AvgIpc) is 2.47. The summed E-state index contributed by atoms with van der Waals surface area (Å²) >= 11 is 0. The molecule has 0 aromatic heterocycles. The Morgan fingerprint density at radius 1 is 1.29 bits per heavy atom. The van der Waals surface area contributed by atoms with E-state index < -0.39 is 0 Å². The Labute approximate surface area is 145 Å². The fourth-order valence-electron chi connectivity index (χ4n) is 1.74. The lowest BCUT2D eigenvalue weighted by Gasteiger charge is -2.15. The van der Waals surface area contributed by atoms with E-state index in [4.69, 9.17) is 4.74 Å². The molecular formula is C15H27IN4O. The first-order valence-electron chi connectivity index (χ1n) is 6.96. The van der Waals surface area contributed by atoms with E-state index in [0.29, 0.717) is 6.61 Å². The van der Waals surface area contributed by atoms with Crippen molar-refractivity contribution in [3.8, 4) is 0 Å². The summed E-state index contributed by atoms with van der Waals surface area (Å²) in [6.07, 6.45) is 0. The van der Waals surface area contributed by atoms with Gasteiger partial charge in [0.2, 0.25) is 0 Å². The maximum atomic E-state index is 5.28. The van der Waals surface area contributed by atoms with E-state index in [-0.39, 0.29) is 24.0 Å². The highest BCUT2D eigenvalue weighted by molar-refractivity contribution is 14.0. The summed E-state index contributed by atoms with van der Waals surface area (Å²) in [6, 6.07) is 8.43. The SMILES string of the molecule is CCOCCNC(=NC)NCc1cccc(N(C)C)c1.I. The first-order valence-corrected chi connectivity index (χ1v) is 6.96. The third-order valence-electron chi connectivity index (χ3n) is 2.85. The number of halogens is 1. The zero-order valence-electron chi connectivity index (χ0n) is 13.3. The Morgan fingerprint density at radius 2 is 2.05 bits per heavy atom. The normalized spacial score (nSPS) is 10.8. The number of nitrogens with one attached hydrogen (secondary N) is 2. The number of hydrogen-bond donors (Lipinski definition) is 2. The molecule has 0 unspecified atom stereocenters. The van der Waals surface area contributed by atoms with Crippen molar-refractivity contribution in [1.29, 1.82) is 0 Å². The highest BCUT2D eigenvalue weighted by Crippen LogP contribution is 2.12. The predicted octanol–water partition coefficient (Wildman–Crippen LogP) is 2.07. The quantitative estimate of drug-likeness (QED) is 0.315. The van der Waals surface area contributed by atoms with Gasteiger partial charge in [-0.3, -0.25) is 4.99 Å². The third kappa shape index (κ3) is 8.11. The number of rotatable bonds is 7. The van der Waals surface area contributed by atoms with Gasteiger partial charge in [0.15, 0.2) is 5.96 Å². The van der Waals surface area contributed by atoms with Gasteiger partial charge in [-0.05, 0) is 24.6 Å². The fourth-order valence-corrected chi connectivity index (χ4v) is 1.74. The highest BCUT2D eigenvalue weighted by Gasteiger charge is 2.00. The number of nitrogens with zero attached hydrogens (tertiary/aromatic N) is 2. The van der Waals surface area contributed by atoms with Crippen LogP contribution in [0.4, 0.5) is 5.69 Å². The molecular weight excluding hydrogens is 379 g/mol. The lowest BCUT2D eigenvalue weighted by Crippen LogP contribution is -2.38. The minimum Gasteiger partial charge on any atom is -0.380 e. The molecule has 6 heteroatoms. The van der Waals surface area contributed by atoms with E-state index in [1.165, 1.54) is 11.3 Å². The molecule has 0 bridgehead atoms. The summed E-state index contributed by atoms with van der Waals surface area (Å²) in [7, 11) is 5.85. The van der Waals surface area contributed by atoms with Gasteiger partial charge in [0.05, 0.1) is 6.61 Å². The molecule has 1 aromatic rings. The van der Waals surface area contributed by atoms with Crippen LogP contribution in [0.3, 0.4) is 0 Å². The molecule has 0 radical (unpaired) electrons. The number of guanidine groups is 1. The third-order valence-corrected chi connectivity index (χ3v) is 2.85. The van der Waals surface area contributed by atoms with Crippen LogP contribution >= 0.6 is 24.0 Å². The van der Waals surface area contributed by atoms with Crippen molar-refractivity contribution in [1.82, 2.24) is 10.6 Å². The zero-order chi connectivity index (χ0) is 14.8. The largest absolute Gasteiger partial charge is 0.380 e. The zero-order valence-corrected chi connectivity index (χ0v) is 15.7. The molecule has 5 nitrogen and oxygen atoms in total. The van der Waals surface area contributed by atoms with Crippen LogP contribution in [0.25, 0.3) is 0 Å². The Bertz CT molecular complexity index is 424. The molecule has 0 saturated carbocycles. The minimum atomic E-state index is 0. The highest BCUT2D eigenvalue weighted by atomic mass is 127. The van der Waals surface area contributed by atoms with Crippen LogP contribution in [-0.2, 0) is 11.3 Å². The Kier molecular flexibility index (Phi) is 11.1. The van der Waals surface area contributed by atoms with Crippen molar-refractivity contribution in [2.45, 2.75) is 13.5 Å². The molecule has 0 aliphatic rings. The molecule has 0 amide bonds. The Hall–Kier alpha value is -1.02. The second kappa shape index (κ2) is 11.6. The molecule has 2 N–H and O–H groups in total.